The maximum absolute atomic E-state index is 12.0. The predicted molar refractivity (Wildman–Crippen MR) is 67.8 cm³/mol. The number of H-pyrrole nitrogens is 1. The molecule has 92 valence electrons. The Morgan fingerprint density at radius 1 is 1.22 bits per heavy atom. The van der Waals surface area contributed by atoms with Gasteiger partial charge in [-0.2, -0.15) is 5.10 Å². The molecule has 0 amide bonds. The van der Waals surface area contributed by atoms with Crippen LogP contribution in [0.15, 0.2) is 24.3 Å². The number of benzene rings is 1. The molecule has 0 radical (unpaired) electrons. The SMILES string of the molecule is COc1ccc(-c2n[nH]c3c2C(=O)CCC3)cc1. The van der Waals surface area contributed by atoms with Crippen molar-refractivity contribution in [1.29, 1.82) is 0 Å². The van der Waals surface area contributed by atoms with Gasteiger partial charge in [-0.25, -0.2) is 0 Å². The second-order valence-electron chi connectivity index (χ2n) is 4.43. The number of hydrogen-bond donors (Lipinski definition) is 1. The summed E-state index contributed by atoms with van der Waals surface area (Å²) in [5.41, 5.74) is 3.45. The van der Waals surface area contributed by atoms with Crippen molar-refractivity contribution in [1.82, 2.24) is 10.2 Å². The number of aryl methyl sites for hydroxylation is 1. The third-order valence-electron chi connectivity index (χ3n) is 3.31. The van der Waals surface area contributed by atoms with Crippen LogP contribution in [0.25, 0.3) is 11.3 Å². The first kappa shape index (κ1) is 11.0. The van der Waals surface area contributed by atoms with Gasteiger partial charge in [0.05, 0.1) is 12.7 Å². The van der Waals surface area contributed by atoms with Crippen molar-refractivity contribution in [3.8, 4) is 17.0 Å². The van der Waals surface area contributed by atoms with E-state index in [-0.39, 0.29) is 5.78 Å². The molecule has 1 aromatic heterocycles. The van der Waals surface area contributed by atoms with Gasteiger partial charge in [0, 0.05) is 17.7 Å². The third kappa shape index (κ3) is 1.70. The first-order valence-corrected chi connectivity index (χ1v) is 6.04. The number of nitrogens with zero attached hydrogens (tertiary/aromatic N) is 1. The van der Waals surface area contributed by atoms with Gasteiger partial charge >= 0.3 is 0 Å². The number of aromatic amines is 1. The summed E-state index contributed by atoms with van der Waals surface area (Å²) >= 11 is 0. The van der Waals surface area contributed by atoms with Gasteiger partial charge in [0.15, 0.2) is 5.78 Å². The number of nitrogens with one attached hydrogen (secondary N) is 1. The van der Waals surface area contributed by atoms with Crippen LogP contribution in [0.4, 0.5) is 0 Å². The maximum Gasteiger partial charge on any atom is 0.166 e. The molecule has 3 rings (SSSR count). The van der Waals surface area contributed by atoms with Crippen LogP contribution in [-0.4, -0.2) is 23.1 Å². The zero-order chi connectivity index (χ0) is 12.5. The van der Waals surface area contributed by atoms with Crippen molar-refractivity contribution in [3.63, 3.8) is 0 Å². The third-order valence-corrected chi connectivity index (χ3v) is 3.31. The number of ether oxygens (including phenoxy) is 1. The smallest absolute Gasteiger partial charge is 0.166 e. The molecule has 4 heteroatoms. The summed E-state index contributed by atoms with van der Waals surface area (Å²) in [6.45, 7) is 0. The highest BCUT2D eigenvalue weighted by Gasteiger charge is 2.24. The molecular formula is C14H14N2O2. The Hall–Kier alpha value is -2.10. The van der Waals surface area contributed by atoms with Crippen molar-refractivity contribution in [3.05, 3.63) is 35.5 Å². The number of carbonyl (C=O) groups excluding carboxylic acids is 1. The van der Waals surface area contributed by atoms with Crippen LogP contribution in [0, 0.1) is 0 Å². The number of rotatable bonds is 2. The van der Waals surface area contributed by atoms with Crippen LogP contribution < -0.4 is 4.74 Å². The average Bonchev–Trinajstić information content (AvgIpc) is 2.84. The van der Waals surface area contributed by atoms with E-state index in [2.05, 4.69) is 10.2 Å². The van der Waals surface area contributed by atoms with E-state index in [1.165, 1.54) is 0 Å². The fourth-order valence-corrected chi connectivity index (χ4v) is 2.37. The topological polar surface area (TPSA) is 55.0 Å². The van der Waals surface area contributed by atoms with E-state index in [1.807, 2.05) is 24.3 Å². The van der Waals surface area contributed by atoms with E-state index >= 15 is 0 Å². The van der Waals surface area contributed by atoms with E-state index in [0.717, 1.165) is 41.1 Å². The predicted octanol–water partition coefficient (Wildman–Crippen LogP) is 2.60. The standard InChI is InChI=1S/C14H14N2O2/c1-18-10-7-5-9(6-8-10)14-13-11(15-16-14)3-2-4-12(13)17/h5-8H,2-4H2,1H3,(H,15,16). The summed E-state index contributed by atoms with van der Waals surface area (Å²) < 4.78 is 5.13. The Bertz CT molecular complexity index is 584. The quantitative estimate of drug-likeness (QED) is 0.880. The molecule has 2 aromatic rings. The Morgan fingerprint density at radius 3 is 2.72 bits per heavy atom. The molecule has 0 aliphatic heterocycles. The summed E-state index contributed by atoms with van der Waals surface area (Å²) in [6.07, 6.45) is 2.44. The van der Waals surface area contributed by atoms with Crippen molar-refractivity contribution >= 4 is 5.78 Å². The van der Waals surface area contributed by atoms with E-state index in [1.54, 1.807) is 7.11 Å². The molecule has 1 N–H and O–H groups in total. The highest BCUT2D eigenvalue weighted by atomic mass is 16.5. The molecule has 1 aliphatic rings. The van der Waals surface area contributed by atoms with Crippen LogP contribution in [0.3, 0.4) is 0 Å². The van der Waals surface area contributed by atoms with E-state index in [4.69, 9.17) is 4.74 Å². The lowest BCUT2D eigenvalue weighted by Gasteiger charge is -2.10. The summed E-state index contributed by atoms with van der Waals surface area (Å²) in [7, 11) is 1.63. The van der Waals surface area contributed by atoms with Crippen molar-refractivity contribution < 1.29 is 9.53 Å². The Balaban J connectivity index is 2.06. The molecule has 0 saturated carbocycles. The minimum absolute atomic E-state index is 0.191. The van der Waals surface area contributed by atoms with Crippen LogP contribution >= 0.6 is 0 Å². The summed E-state index contributed by atoms with van der Waals surface area (Å²) in [6, 6.07) is 7.61. The normalized spacial score (nSPS) is 14.4. The van der Waals surface area contributed by atoms with Crippen LogP contribution in [0.5, 0.6) is 5.75 Å². The summed E-state index contributed by atoms with van der Waals surface area (Å²) in [5, 5.41) is 7.27. The summed E-state index contributed by atoms with van der Waals surface area (Å²) in [5.74, 6) is 0.991. The van der Waals surface area contributed by atoms with Gasteiger partial charge in [0.2, 0.25) is 0 Å². The number of fused-ring (bicyclic) bond motifs is 1. The van der Waals surface area contributed by atoms with Crippen LogP contribution in [-0.2, 0) is 6.42 Å². The van der Waals surface area contributed by atoms with Crippen LogP contribution in [0.2, 0.25) is 0 Å². The van der Waals surface area contributed by atoms with Gasteiger partial charge < -0.3 is 4.74 Å². The molecule has 18 heavy (non-hydrogen) atoms. The molecule has 1 aliphatic carbocycles. The van der Waals surface area contributed by atoms with Gasteiger partial charge in [-0.3, -0.25) is 9.89 Å². The zero-order valence-electron chi connectivity index (χ0n) is 10.2. The largest absolute Gasteiger partial charge is 0.497 e. The average molecular weight is 242 g/mol. The lowest BCUT2D eigenvalue weighted by atomic mass is 9.92. The minimum Gasteiger partial charge on any atom is -0.497 e. The lowest BCUT2D eigenvalue weighted by Crippen LogP contribution is -2.09. The maximum atomic E-state index is 12.0. The van der Waals surface area contributed by atoms with E-state index in [0.29, 0.717) is 6.42 Å². The van der Waals surface area contributed by atoms with Gasteiger partial charge in [-0.1, -0.05) is 0 Å². The molecule has 1 aromatic carbocycles. The van der Waals surface area contributed by atoms with Gasteiger partial charge in [0.1, 0.15) is 11.4 Å². The zero-order valence-corrected chi connectivity index (χ0v) is 10.2. The fourth-order valence-electron chi connectivity index (χ4n) is 2.37. The second-order valence-corrected chi connectivity index (χ2v) is 4.43. The number of ketones is 1. The second kappa shape index (κ2) is 4.29. The lowest BCUT2D eigenvalue weighted by molar-refractivity contribution is 0.0973. The molecule has 0 atom stereocenters. The summed E-state index contributed by atoms with van der Waals surface area (Å²) in [4.78, 5) is 12.0. The van der Waals surface area contributed by atoms with Crippen LogP contribution in [0.1, 0.15) is 28.9 Å². The highest BCUT2D eigenvalue weighted by Crippen LogP contribution is 2.30. The van der Waals surface area contributed by atoms with Gasteiger partial charge in [-0.15, -0.1) is 0 Å². The number of aromatic nitrogens is 2. The molecule has 0 saturated heterocycles. The first-order chi connectivity index (χ1) is 8.79. The van der Waals surface area contributed by atoms with Gasteiger partial charge in [-0.05, 0) is 37.1 Å². The molecular weight excluding hydrogens is 228 g/mol. The fraction of sp³-hybridized carbons (Fsp3) is 0.286. The number of hydrogen-bond acceptors (Lipinski definition) is 3. The molecule has 0 fully saturated rings. The number of Topliss-reactive ketones (excluding diaryl/α,β-unsaturated/α-hetero) is 1. The minimum atomic E-state index is 0.191. The Labute approximate surface area is 105 Å². The molecule has 1 heterocycles. The van der Waals surface area contributed by atoms with E-state index in [9.17, 15) is 4.79 Å². The molecule has 0 bridgehead atoms. The van der Waals surface area contributed by atoms with Crippen molar-refractivity contribution in [2.24, 2.45) is 0 Å². The Kier molecular flexibility index (Phi) is 2.63. The number of carbonyl (C=O) groups is 1. The molecule has 0 spiro atoms. The Morgan fingerprint density at radius 2 is 2.00 bits per heavy atom. The van der Waals surface area contributed by atoms with Gasteiger partial charge in [0.25, 0.3) is 0 Å². The monoisotopic (exact) mass is 242 g/mol. The van der Waals surface area contributed by atoms with E-state index < -0.39 is 0 Å². The molecule has 4 nitrogen and oxygen atoms in total. The molecule has 0 unspecified atom stereocenters. The van der Waals surface area contributed by atoms with Crippen molar-refractivity contribution in [2.75, 3.05) is 7.11 Å². The van der Waals surface area contributed by atoms with Crippen molar-refractivity contribution in [2.45, 2.75) is 19.3 Å². The highest BCUT2D eigenvalue weighted by molar-refractivity contribution is 6.03. The number of methoxy groups -OCH3 is 1. The first-order valence-electron chi connectivity index (χ1n) is 6.04.